The van der Waals surface area contributed by atoms with Gasteiger partial charge in [0, 0.05) is 25.0 Å². The average Bonchev–Trinajstić information content (AvgIpc) is 3.63. The van der Waals surface area contributed by atoms with E-state index in [1.807, 2.05) is 30.3 Å². The second-order valence-corrected chi connectivity index (χ2v) is 15.1. The Labute approximate surface area is 206 Å². The summed E-state index contributed by atoms with van der Waals surface area (Å²) in [7, 11) is -3.21. The van der Waals surface area contributed by atoms with Gasteiger partial charge < -0.3 is 4.43 Å². The van der Waals surface area contributed by atoms with Gasteiger partial charge in [-0.25, -0.2) is 0 Å². The van der Waals surface area contributed by atoms with Gasteiger partial charge in [0.15, 0.2) is 8.32 Å². The van der Waals surface area contributed by atoms with Crippen molar-refractivity contribution in [3.63, 3.8) is 0 Å². The quantitative estimate of drug-likeness (QED) is 0.213. The maximum Gasteiger partial charge on any atom is 0.425 e. The summed E-state index contributed by atoms with van der Waals surface area (Å²) in [6.07, 6.45) is -8.39. The molecule has 35 heavy (non-hydrogen) atoms. The molecular formula is C26H39F6NOSi. The Morgan fingerprint density at radius 1 is 0.800 bits per heavy atom. The van der Waals surface area contributed by atoms with Crippen LogP contribution in [0.15, 0.2) is 30.3 Å². The second kappa shape index (κ2) is 11.1. The van der Waals surface area contributed by atoms with Crippen LogP contribution in [0.2, 0.25) is 18.1 Å². The standard InChI is InChI=1S/C26H39F6NOSi/c1-4-35(5-2,6-3)34-24(25(27,28)29,26(30,31)32)22-14-16-23(17-15-22)33(19-21-12-13-21)18-20-10-8-7-9-11-20/h7-11,21-23H,4-6,12-19H2,1-3H3. The molecule has 0 aromatic heterocycles. The third-order valence-electron chi connectivity index (χ3n) is 8.36. The molecule has 2 aliphatic rings. The van der Waals surface area contributed by atoms with Crippen molar-refractivity contribution in [2.24, 2.45) is 11.8 Å². The SMILES string of the molecule is CC[Si](CC)(CC)OC(C1CCC(N(Cc2ccccc2)CC2CC2)CC1)(C(F)(F)F)C(F)(F)F. The van der Waals surface area contributed by atoms with Crippen LogP contribution < -0.4 is 0 Å². The van der Waals surface area contributed by atoms with Gasteiger partial charge in [-0.15, -0.1) is 0 Å². The number of alkyl halides is 6. The molecule has 0 unspecified atom stereocenters. The Balaban J connectivity index is 1.85. The van der Waals surface area contributed by atoms with Crippen LogP contribution in [0, 0.1) is 11.8 Å². The topological polar surface area (TPSA) is 12.5 Å². The van der Waals surface area contributed by atoms with Gasteiger partial charge in [-0.05, 0) is 68.1 Å². The van der Waals surface area contributed by atoms with E-state index in [1.54, 1.807) is 20.8 Å². The Bertz CT molecular complexity index is 761. The number of nitrogens with zero attached hydrogens (tertiary/aromatic N) is 1. The highest BCUT2D eigenvalue weighted by Gasteiger charge is 2.76. The van der Waals surface area contributed by atoms with Gasteiger partial charge in [0.2, 0.25) is 0 Å². The van der Waals surface area contributed by atoms with Crippen LogP contribution in [0.5, 0.6) is 0 Å². The van der Waals surface area contributed by atoms with Gasteiger partial charge in [0.1, 0.15) is 0 Å². The van der Waals surface area contributed by atoms with Crippen molar-refractivity contribution < 1.29 is 30.8 Å². The lowest BCUT2D eigenvalue weighted by Gasteiger charge is -2.50. The van der Waals surface area contributed by atoms with E-state index in [1.165, 1.54) is 0 Å². The van der Waals surface area contributed by atoms with Crippen molar-refractivity contribution >= 4 is 8.32 Å². The zero-order chi connectivity index (χ0) is 25.9. The minimum absolute atomic E-state index is 0.0169. The van der Waals surface area contributed by atoms with Crippen molar-refractivity contribution in [3.05, 3.63) is 35.9 Å². The molecule has 0 amide bonds. The molecule has 200 valence electrons. The zero-order valence-electron chi connectivity index (χ0n) is 21.0. The summed E-state index contributed by atoms with van der Waals surface area (Å²) in [6, 6.07) is 10.5. The van der Waals surface area contributed by atoms with Crippen LogP contribution in [-0.4, -0.2) is 43.8 Å². The monoisotopic (exact) mass is 523 g/mol. The smallest absolute Gasteiger partial charge is 0.396 e. The highest BCUT2D eigenvalue weighted by atomic mass is 28.4. The number of benzene rings is 1. The predicted molar refractivity (Wildman–Crippen MR) is 128 cm³/mol. The van der Waals surface area contributed by atoms with Crippen molar-refractivity contribution in [2.45, 2.75) is 108 Å². The lowest BCUT2D eigenvalue weighted by atomic mass is 9.74. The minimum Gasteiger partial charge on any atom is -0.396 e. The van der Waals surface area contributed by atoms with E-state index in [0.717, 1.165) is 24.9 Å². The maximum atomic E-state index is 14.5. The molecule has 0 radical (unpaired) electrons. The van der Waals surface area contributed by atoms with E-state index in [-0.39, 0.29) is 37.0 Å². The number of halogens is 6. The van der Waals surface area contributed by atoms with E-state index >= 15 is 0 Å². The summed E-state index contributed by atoms with van der Waals surface area (Å²) in [6.45, 7) is 6.50. The molecule has 1 aromatic carbocycles. The van der Waals surface area contributed by atoms with E-state index in [9.17, 15) is 26.3 Å². The van der Waals surface area contributed by atoms with Gasteiger partial charge in [-0.1, -0.05) is 51.1 Å². The first-order valence-electron chi connectivity index (χ1n) is 13.0. The van der Waals surface area contributed by atoms with Crippen LogP contribution in [-0.2, 0) is 11.0 Å². The van der Waals surface area contributed by atoms with E-state index in [2.05, 4.69) is 4.90 Å². The van der Waals surface area contributed by atoms with Crippen molar-refractivity contribution in [2.75, 3.05) is 6.54 Å². The van der Waals surface area contributed by atoms with Crippen LogP contribution >= 0.6 is 0 Å². The van der Waals surface area contributed by atoms with Gasteiger partial charge in [-0.3, -0.25) is 4.90 Å². The number of rotatable bonds is 11. The molecule has 2 aliphatic carbocycles. The molecule has 0 bridgehead atoms. The number of hydrogen-bond acceptors (Lipinski definition) is 2. The average molecular weight is 524 g/mol. The molecular weight excluding hydrogens is 484 g/mol. The molecule has 2 fully saturated rings. The van der Waals surface area contributed by atoms with Crippen molar-refractivity contribution in [3.8, 4) is 0 Å². The third-order valence-corrected chi connectivity index (χ3v) is 13.0. The molecule has 0 heterocycles. The Morgan fingerprint density at radius 2 is 1.31 bits per heavy atom. The first-order valence-corrected chi connectivity index (χ1v) is 15.6. The van der Waals surface area contributed by atoms with Crippen LogP contribution in [0.25, 0.3) is 0 Å². The highest BCUT2D eigenvalue weighted by molar-refractivity contribution is 6.73. The van der Waals surface area contributed by atoms with Gasteiger partial charge in [0.25, 0.3) is 5.60 Å². The molecule has 0 saturated heterocycles. The third kappa shape index (κ3) is 6.26. The summed E-state index contributed by atoms with van der Waals surface area (Å²) in [4.78, 5) is 2.29. The molecule has 0 spiro atoms. The fraction of sp³-hybridized carbons (Fsp3) is 0.769. The van der Waals surface area contributed by atoms with E-state index < -0.39 is 32.2 Å². The first kappa shape index (κ1) is 28.5. The minimum atomic E-state index is -5.52. The maximum absolute atomic E-state index is 14.5. The lowest BCUT2D eigenvalue weighted by molar-refractivity contribution is -0.380. The molecule has 1 aromatic rings. The van der Waals surface area contributed by atoms with Gasteiger partial charge in [-0.2, -0.15) is 26.3 Å². The lowest BCUT2D eigenvalue weighted by Crippen LogP contribution is -2.68. The second-order valence-electron chi connectivity index (χ2n) is 10.4. The predicted octanol–water partition coefficient (Wildman–Crippen LogP) is 8.34. The molecule has 9 heteroatoms. The van der Waals surface area contributed by atoms with Crippen molar-refractivity contribution in [1.82, 2.24) is 4.90 Å². The Morgan fingerprint density at radius 3 is 1.74 bits per heavy atom. The Kier molecular flexibility index (Phi) is 9.07. The van der Waals surface area contributed by atoms with Crippen LogP contribution in [0.3, 0.4) is 0 Å². The van der Waals surface area contributed by atoms with Crippen molar-refractivity contribution in [1.29, 1.82) is 0 Å². The van der Waals surface area contributed by atoms with Gasteiger partial charge in [0.05, 0.1) is 0 Å². The molecule has 3 rings (SSSR count). The fourth-order valence-electron chi connectivity index (χ4n) is 5.77. The summed E-state index contributed by atoms with van der Waals surface area (Å²) in [5.74, 6) is -1.04. The molecule has 0 N–H and O–H groups in total. The summed E-state index contributed by atoms with van der Waals surface area (Å²) < 4.78 is 92.4. The zero-order valence-corrected chi connectivity index (χ0v) is 22.0. The summed E-state index contributed by atoms with van der Waals surface area (Å²) in [5, 5.41) is 0. The molecule has 0 aliphatic heterocycles. The normalized spacial score (nSPS) is 22.6. The fourth-order valence-corrected chi connectivity index (χ4v) is 8.79. The summed E-state index contributed by atoms with van der Waals surface area (Å²) >= 11 is 0. The van der Waals surface area contributed by atoms with Crippen LogP contribution in [0.4, 0.5) is 26.3 Å². The van der Waals surface area contributed by atoms with E-state index in [4.69, 9.17) is 4.43 Å². The highest BCUT2D eigenvalue weighted by Crippen LogP contribution is 2.56. The summed E-state index contributed by atoms with van der Waals surface area (Å²) in [5.41, 5.74) is -2.97. The Hall–Kier alpha value is -1.06. The van der Waals surface area contributed by atoms with E-state index in [0.29, 0.717) is 25.3 Å². The largest absolute Gasteiger partial charge is 0.425 e. The molecule has 2 saturated carbocycles. The molecule has 2 nitrogen and oxygen atoms in total. The van der Waals surface area contributed by atoms with Crippen LogP contribution in [0.1, 0.15) is 64.9 Å². The van der Waals surface area contributed by atoms with Gasteiger partial charge >= 0.3 is 12.4 Å². The first-order chi connectivity index (χ1) is 16.4. The molecule has 0 atom stereocenters. The number of hydrogen-bond donors (Lipinski definition) is 0.